The first-order chi connectivity index (χ1) is 6.81. The van der Waals surface area contributed by atoms with E-state index in [9.17, 15) is 0 Å². The fourth-order valence-corrected chi connectivity index (χ4v) is 5.11. The molecule has 0 heterocycles. The number of hydrogen-bond donors (Lipinski definition) is 0. The summed E-state index contributed by atoms with van der Waals surface area (Å²) in [5, 5.41) is 0. The van der Waals surface area contributed by atoms with E-state index >= 15 is 0 Å². The highest BCUT2D eigenvalue weighted by Crippen LogP contribution is 2.51. The van der Waals surface area contributed by atoms with Gasteiger partial charge in [-0.05, 0) is 68.6 Å². The molecule has 0 nitrogen and oxygen atoms in total. The Morgan fingerprint density at radius 3 is 2.43 bits per heavy atom. The molecule has 2 bridgehead atoms. The van der Waals surface area contributed by atoms with E-state index in [1.54, 1.807) is 32.1 Å². The number of hydrogen-bond acceptors (Lipinski definition) is 0. The maximum absolute atomic E-state index is 3.77. The van der Waals surface area contributed by atoms with E-state index in [2.05, 4.69) is 15.9 Å². The van der Waals surface area contributed by atoms with Crippen molar-refractivity contribution in [3.63, 3.8) is 0 Å². The van der Waals surface area contributed by atoms with Gasteiger partial charge in [-0.15, -0.1) is 0 Å². The van der Waals surface area contributed by atoms with Gasteiger partial charge in [-0.25, -0.2) is 0 Å². The van der Waals surface area contributed by atoms with Gasteiger partial charge in [0.15, 0.2) is 0 Å². The molecule has 0 spiro atoms. The van der Waals surface area contributed by atoms with Crippen LogP contribution in [0.1, 0.15) is 51.4 Å². The average molecular weight is 257 g/mol. The molecule has 3 rings (SSSR count). The first kappa shape index (κ1) is 9.69. The van der Waals surface area contributed by atoms with Crippen LogP contribution in [-0.2, 0) is 0 Å². The van der Waals surface area contributed by atoms with Crippen LogP contribution in [0.2, 0.25) is 0 Å². The summed E-state index contributed by atoms with van der Waals surface area (Å²) in [6.07, 6.45) is 12.3. The lowest BCUT2D eigenvalue weighted by Crippen LogP contribution is -2.14. The van der Waals surface area contributed by atoms with Gasteiger partial charge < -0.3 is 0 Å². The summed E-state index contributed by atoms with van der Waals surface area (Å²) in [6.45, 7) is 0. The zero-order valence-corrected chi connectivity index (χ0v) is 10.5. The molecule has 3 aliphatic rings. The van der Waals surface area contributed by atoms with Crippen LogP contribution < -0.4 is 0 Å². The van der Waals surface area contributed by atoms with Gasteiger partial charge in [-0.3, -0.25) is 0 Å². The summed E-state index contributed by atoms with van der Waals surface area (Å²) in [6, 6.07) is 0. The molecule has 0 saturated heterocycles. The maximum atomic E-state index is 3.77. The smallest absolute Gasteiger partial charge is 0.0148 e. The van der Waals surface area contributed by atoms with E-state index < -0.39 is 0 Å². The molecule has 80 valence electrons. The Kier molecular flexibility index (Phi) is 2.64. The lowest BCUT2D eigenvalue weighted by atomic mass is 9.82. The van der Waals surface area contributed by atoms with E-state index in [4.69, 9.17) is 0 Å². The Balaban J connectivity index is 1.53. The molecular formula is C13H21Br. The molecule has 5 unspecified atom stereocenters. The van der Waals surface area contributed by atoms with Crippen molar-refractivity contribution in [2.45, 2.75) is 56.2 Å². The van der Waals surface area contributed by atoms with E-state index in [1.807, 2.05) is 0 Å². The van der Waals surface area contributed by atoms with Crippen LogP contribution in [0, 0.1) is 23.7 Å². The van der Waals surface area contributed by atoms with E-state index in [0.29, 0.717) is 0 Å². The van der Waals surface area contributed by atoms with Crippen LogP contribution in [0.25, 0.3) is 0 Å². The largest absolute Gasteiger partial charge is 0.0891 e. The molecule has 1 heteroatoms. The second kappa shape index (κ2) is 3.81. The van der Waals surface area contributed by atoms with Crippen LogP contribution in [0.15, 0.2) is 0 Å². The highest BCUT2D eigenvalue weighted by molar-refractivity contribution is 9.09. The van der Waals surface area contributed by atoms with Gasteiger partial charge in [0.2, 0.25) is 0 Å². The fourth-order valence-electron chi connectivity index (χ4n) is 4.32. The lowest BCUT2D eigenvalue weighted by molar-refractivity contribution is 0.269. The van der Waals surface area contributed by atoms with Crippen molar-refractivity contribution in [2.24, 2.45) is 23.7 Å². The third kappa shape index (κ3) is 1.77. The molecule has 0 amide bonds. The van der Waals surface area contributed by atoms with Gasteiger partial charge in [0.25, 0.3) is 0 Å². The number of rotatable bonds is 2. The predicted molar refractivity (Wildman–Crippen MR) is 63.6 cm³/mol. The van der Waals surface area contributed by atoms with Gasteiger partial charge in [0, 0.05) is 4.83 Å². The summed E-state index contributed by atoms with van der Waals surface area (Å²) < 4.78 is 0. The molecular weight excluding hydrogens is 236 g/mol. The molecule has 0 aromatic heterocycles. The molecule has 0 radical (unpaired) electrons. The minimum atomic E-state index is 0.853. The van der Waals surface area contributed by atoms with Crippen molar-refractivity contribution in [1.82, 2.24) is 0 Å². The number of alkyl halides is 1. The minimum Gasteiger partial charge on any atom is -0.0891 e. The molecule has 14 heavy (non-hydrogen) atoms. The summed E-state index contributed by atoms with van der Waals surface area (Å²) in [7, 11) is 0. The van der Waals surface area contributed by atoms with E-state index in [-0.39, 0.29) is 0 Å². The predicted octanol–water partition coefficient (Wildman–Crippen LogP) is 4.38. The quantitative estimate of drug-likeness (QED) is 0.644. The number of fused-ring (bicyclic) bond motifs is 2. The lowest BCUT2D eigenvalue weighted by Gasteiger charge is -2.24. The topological polar surface area (TPSA) is 0 Å². The fraction of sp³-hybridized carbons (Fsp3) is 1.00. The van der Waals surface area contributed by atoms with Crippen LogP contribution in [0.4, 0.5) is 0 Å². The first-order valence-electron chi connectivity index (χ1n) is 6.45. The highest BCUT2D eigenvalue weighted by atomic mass is 79.9. The van der Waals surface area contributed by atoms with Crippen molar-refractivity contribution in [2.75, 3.05) is 0 Å². The van der Waals surface area contributed by atoms with Gasteiger partial charge in [-0.2, -0.15) is 0 Å². The van der Waals surface area contributed by atoms with Crippen LogP contribution in [0.3, 0.4) is 0 Å². The molecule has 0 aromatic rings. The Labute approximate surface area is 96.0 Å². The molecule has 3 fully saturated rings. The van der Waals surface area contributed by atoms with E-state index in [0.717, 1.165) is 28.5 Å². The SMILES string of the molecule is BrC1CCC(CC2CC3CCC2C3)C1. The Bertz CT molecular complexity index is 213. The molecule has 0 aliphatic heterocycles. The van der Waals surface area contributed by atoms with Crippen molar-refractivity contribution >= 4 is 15.9 Å². The maximum Gasteiger partial charge on any atom is 0.0148 e. The molecule has 5 atom stereocenters. The van der Waals surface area contributed by atoms with Crippen LogP contribution >= 0.6 is 15.9 Å². The summed E-state index contributed by atoms with van der Waals surface area (Å²) >= 11 is 3.77. The summed E-state index contributed by atoms with van der Waals surface area (Å²) in [4.78, 5) is 0.853. The normalized spacial score (nSPS) is 51.6. The van der Waals surface area contributed by atoms with Gasteiger partial charge >= 0.3 is 0 Å². The summed E-state index contributed by atoms with van der Waals surface area (Å²) in [5.74, 6) is 4.50. The highest BCUT2D eigenvalue weighted by Gasteiger charge is 2.40. The first-order valence-corrected chi connectivity index (χ1v) is 7.37. The second-order valence-electron chi connectivity index (χ2n) is 5.95. The molecule has 3 aliphatic carbocycles. The van der Waals surface area contributed by atoms with Crippen molar-refractivity contribution in [1.29, 1.82) is 0 Å². The zero-order valence-electron chi connectivity index (χ0n) is 8.92. The molecule has 0 N–H and O–H groups in total. The van der Waals surface area contributed by atoms with E-state index in [1.165, 1.54) is 19.3 Å². The van der Waals surface area contributed by atoms with Crippen molar-refractivity contribution in [3.05, 3.63) is 0 Å². The van der Waals surface area contributed by atoms with Crippen LogP contribution in [-0.4, -0.2) is 4.83 Å². The standard InChI is InChI=1S/C13H21Br/c14-13-4-2-10(8-13)7-12-6-9-1-3-11(12)5-9/h9-13H,1-8H2. The zero-order chi connectivity index (χ0) is 9.54. The van der Waals surface area contributed by atoms with Crippen molar-refractivity contribution < 1.29 is 0 Å². The van der Waals surface area contributed by atoms with Crippen LogP contribution in [0.5, 0.6) is 0 Å². The third-order valence-corrected chi connectivity index (χ3v) is 5.83. The average Bonchev–Trinajstić information content (AvgIpc) is 2.82. The molecule has 0 aromatic carbocycles. The molecule has 3 saturated carbocycles. The second-order valence-corrected chi connectivity index (χ2v) is 7.24. The van der Waals surface area contributed by atoms with Gasteiger partial charge in [0.05, 0.1) is 0 Å². The number of halogens is 1. The van der Waals surface area contributed by atoms with Crippen molar-refractivity contribution in [3.8, 4) is 0 Å². The Morgan fingerprint density at radius 1 is 0.929 bits per heavy atom. The monoisotopic (exact) mass is 256 g/mol. The minimum absolute atomic E-state index is 0.853. The third-order valence-electron chi connectivity index (χ3n) is 5.00. The van der Waals surface area contributed by atoms with Gasteiger partial charge in [0.1, 0.15) is 0 Å². The Morgan fingerprint density at radius 2 is 1.86 bits per heavy atom. The van der Waals surface area contributed by atoms with Gasteiger partial charge in [-0.1, -0.05) is 22.4 Å². The summed E-state index contributed by atoms with van der Waals surface area (Å²) in [5.41, 5.74) is 0. The Hall–Kier alpha value is 0.480.